The van der Waals surface area contributed by atoms with Crippen molar-refractivity contribution >= 4 is 17.5 Å². The minimum absolute atomic E-state index is 0.0259. The summed E-state index contributed by atoms with van der Waals surface area (Å²) in [5.74, 6) is -0.0933. The molecule has 1 aromatic carbocycles. The van der Waals surface area contributed by atoms with E-state index in [0.717, 1.165) is 44.1 Å². The predicted molar refractivity (Wildman–Crippen MR) is 112 cm³/mol. The number of allylic oxidation sites excluding steroid dienone is 1. The highest BCUT2D eigenvalue weighted by Gasteiger charge is 2.49. The third kappa shape index (κ3) is 4.22. The first-order valence-electron chi connectivity index (χ1n) is 10.1. The maximum absolute atomic E-state index is 11.8. The molecule has 1 aliphatic carbocycles. The molecule has 1 unspecified atom stereocenters. The maximum Gasteiger partial charge on any atom is 0.279 e. The van der Waals surface area contributed by atoms with Crippen LogP contribution in [0.25, 0.3) is 0 Å². The van der Waals surface area contributed by atoms with Crippen molar-refractivity contribution in [2.75, 3.05) is 0 Å². The first-order chi connectivity index (χ1) is 13.4. The molecule has 1 aliphatic heterocycles. The van der Waals surface area contributed by atoms with E-state index < -0.39 is 5.79 Å². The Morgan fingerprint density at radius 1 is 1.25 bits per heavy atom. The lowest BCUT2D eigenvalue weighted by Gasteiger charge is -2.45. The number of hydrogen-bond donors (Lipinski definition) is 1. The molecule has 1 N–H and O–H groups in total. The highest BCUT2D eigenvalue weighted by molar-refractivity contribution is 6.30. The van der Waals surface area contributed by atoms with Crippen molar-refractivity contribution in [3.8, 4) is 0 Å². The van der Waals surface area contributed by atoms with Crippen LogP contribution in [0.2, 0.25) is 5.02 Å². The van der Waals surface area contributed by atoms with Gasteiger partial charge in [-0.05, 0) is 75.6 Å². The molecular formula is C23H30ClNO3. The number of halogens is 1. The van der Waals surface area contributed by atoms with Gasteiger partial charge in [-0.15, -0.1) is 6.58 Å². The molecule has 28 heavy (non-hydrogen) atoms. The highest BCUT2D eigenvalue weighted by atomic mass is 35.5. The van der Waals surface area contributed by atoms with Crippen LogP contribution in [0.15, 0.2) is 49.4 Å². The quantitative estimate of drug-likeness (QED) is 0.596. The van der Waals surface area contributed by atoms with E-state index in [-0.39, 0.29) is 17.4 Å². The van der Waals surface area contributed by atoms with Gasteiger partial charge < -0.3 is 14.8 Å². The summed E-state index contributed by atoms with van der Waals surface area (Å²) in [6.07, 6.45) is 11.0. The number of rotatable bonds is 7. The van der Waals surface area contributed by atoms with Gasteiger partial charge in [-0.3, -0.25) is 4.79 Å². The van der Waals surface area contributed by atoms with Gasteiger partial charge in [-0.1, -0.05) is 17.7 Å². The second kappa shape index (κ2) is 8.60. The molecule has 2 aliphatic rings. The molecule has 0 spiro atoms. The summed E-state index contributed by atoms with van der Waals surface area (Å²) in [5, 5.41) is 3.91. The third-order valence-corrected chi connectivity index (χ3v) is 6.54. The summed E-state index contributed by atoms with van der Waals surface area (Å²) in [6.45, 7) is 7.60. The highest BCUT2D eigenvalue weighted by Crippen LogP contribution is 2.48. The number of ether oxygens (including phenoxy) is 2. The Kier molecular flexibility index (Phi) is 6.39. The molecule has 4 nitrogen and oxygen atoms in total. The van der Waals surface area contributed by atoms with Crippen LogP contribution >= 0.6 is 11.6 Å². The predicted octanol–water partition coefficient (Wildman–Crippen LogP) is 5.68. The van der Waals surface area contributed by atoms with E-state index in [1.54, 1.807) is 19.4 Å². The summed E-state index contributed by atoms with van der Waals surface area (Å²) in [4.78, 5) is 11.8. The Morgan fingerprint density at radius 3 is 2.39 bits per heavy atom. The van der Waals surface area contributed by atoms with Gasteiger partial charge >= 0.3 is 0 Å². The SMILES string of the molecule is C=CCCC(C)(NC(C)=O)C1CCC(C2(c3ccc(Cl)cc3)OC=CO2)CC1. The zero-order chi connectivity index (χ0) is 20.2. The van der Waals surface area contributed by atoms with E-state index in [9.17, 15) is 4.79 Å². The lowest BCUT2D eigenvalue weighted by Crippen LogP contribution is -2.52. The topological polar surface area (TPSA) is 47.6 Å². The lowest BCUT2D eigenvalue weighted by atomic mass is 9.68. The molecule has 3 rings (SSSR count). The Labute approximate surface area is 172 Å². The van der Waals surface area contributed by atoms with E-state index in [2.05, 4.69) is 18.8 Å². The van der Waals surface area contributed by atoms with Gasteiger partial charge in [0, 0.05) is 29.0 Å². The van der Waals surface area contributed by atoms with Crippen molar-refractivity contribution in [3.05, 3.63) is 60.0 Å². The maximum atomic E-state index is 11.8. The van der Waals surface area contributed by atoms with Gasteiger partial charge in [-0.2, -0.15) is 0 Å². The zero-order valence-electron chi connectivity index (χ0n) is 16.7. The van der Waals surface area contributed by atoms with Crippen molar-refractivity contribution in [3.63, 3.8) is 0 Å². The van der Waals surface area contributed by atoms with Crippen LogP contribution in [0.4, 0.5) is 0 Å². The van der Waals surface area contributed by atoms with E-state index in [1.807, 2.05) is 30.3 Å². The van der Waals surface area contributed by atoms with Crippen LogP contribution < -0.4 is 5.32 Å². The fourth-order valence-electron chi connectivity index (χ4n) is 4.82. The van der Waals surface area contributed by atoms with Gasteiger partial charge in [0.05, 0.1) is 0 Å². The summed E-state index contributed by atoms with van der Waals surface area (Å²) in [7, 11) is 0. The van der Waals surface area contributed by atoms with Crippen molar-refractivity contribution in [1.29, 1.82) is 0 Å². The molecule has 0 saturated heterocycles. The number of hydrogen-bond acceptors (Lipinski definition) is 3. The molecule has 0 bridgehead atoms. The second-order valence-corrected chi connectivity index (χ2v) is 8.59. The number of amides is 1. The summed E-state index contributed by atoms with van der Waals surface area (Å²) in [5.41, 5.74) is 0.773. The Hall–Kier alpha value is -1.94. The normalized spacial score (nSPS) is 25.2. The van der Waals surface area contributed by atoms with Gasteiger partial charge in [0.15, 0.2) is 0 Å². The van der Waals surface area contributed by atoms with Crippen LogP contribution in [0.5, 0.6) is 0 Å². The van der Waals surface area contributed by atoms with Crippen LogP contribution in [-0.2, 0) is 20.1 Å². The van der Waals surface area contributed by atoms with Crippen molar-refractivity contribution < 1.29 is 14.3 Å². The Bertz CT molecular complexity index is 714. The van der Waals surface area contributed by atoms with E-state index in [1.165, 1.54) is 0 Å². The van der Waals surface area contributed by atoms with Crippen LogP contribution in [0, 0.1) is 11.8 Å². The molecule has 1 aromatic rings. The summed E-state index contributed by atoms with van der Waals surface area (Å²) < 4.78 is 12.1. The van der Waals surface area contributed by atoms with E-state index in [0.29, 0.717) is 10.9 Å². The van der Waals surface area contributed by atoms with Crippen LogP contribution in [0.3, 0.4) is 0 Å². The fourth-order valence-corrected chi connectivity index (χ4v) is 4.94. The molecule has 0 aromatic heterocycles. The molecular weight excluding hydrogens is 374 g/mol. The van der Waals surface area contributed by atoms with E-state index >= 15 is 0 Å². The lowest BCUT2D eigenvalue weighted by molar-refractivity contribution is -0.201. The molecule has 1 saturated carbocycles. The molecule has 5 heteroatoms. The third-order valence-electron chi connectivity index (χ3n) is 6.28. The molecule has 0 radical (unpaired) electrons. The Balaban J connectivity index is 1.74. The average Bonchev–Trinajstić information content (AvgIpc) is 3.17. The smallest absolute Gasteiger partial charge is 0.279 e. The standard InChI is InChI=1S/C23H30ClNO3/c1-4-5-14-22(3,25-17(2)26)18-6-8-19(9-7-18)23(27-15-16-28-23)20-10-12-21(24)13-11-20/h4,10-13,15-16,18-19H,1,5-9,14H2,2-3H3,(H,25,26). The van der Waals surface area contributed by atoms with E-state index in [4.69, 9.17) is 21.1 Å². The second-order valence-electron chi connectivity index (χ2n) is 8.16. The first kappa shape index (κ1) is 20.8. The number of carbonyl (C=O) groups excluding carboxylic acids is 1. The number of carbonyl (C=O) groups is 1. The summed E-state index contributed by atoms with van der Waals surface area (Å²) in [6, 6.07) is 7.71. The molecule has 1 fully saturated rings. The fraction of sp³-hybridized carbons (Fsp3) is 0.522. The van der Waals surface area contributed by atoms with Gasteiger partial charge in [-0.25, -0.2) is 0 Å². The number of nitrogens with one attached hydrogen (secondary N) is 1. The average molecular weight is 404 g/mol. The molecule has 1 heterocycles. The molecule has 1 amide bonds. The minimum Gasteiger partial charge on any atom is -0.452 e. The Morgan fingerprint density at radius 2 is 1.86 bits per heavy atom. The number of benzene rings is 1. The van der Waals surface area contributed by atoms with Crippen molar-refractivity contribution in [2.24, 2.45) is 11.8 Å². The van der Waals surface area contributed by atoms with Crippen LogP contribution in [-0.4, -0.2) is 11.4 Å². The molecule has 1 atom stereocenters. The largest absolute Gasteiger partial charge is 0.452 e. The summed E-state index contributed by atoms with van der Waals surface area (Å²) >= 11 is 6.06. The van der Waals surface area contributed by atoms with Crippen LogP contribution in [0.1, 0.15) is 57.9 Å². The minimum atomic E-state index is -0.777. The van der Waals surface area contributed by atoms with Crippen molar-refractivity contribution in [1.82, 2.24) is 5.32 Å². The van der Waals surface area contributed by atoms with Crippen molar-refractivity contribution in [2.45, 2.75) is 63.7 Å². The molecule has 152 valence electrons. The van der Waals surface area contributed by atoms with Gasteiger partial charge in [0.25, 0.3) is 5.79 Å². The van der Waals surface area contributed by atoms with Gasteiger partial charge in [0.2, 0.25) is 5.91 Å². The first-order valence-corrected chi connectivity index (χ1v) is 10.4. The van der Waals surface area contributed by atoms with Gasteiger partial charge in [0.1, 0.15) is 12.5 Å². The monoisotopic (exact) mass is 403 g/mol. The zero-order valence-corrected chi connectivity index (χ0v) is 17.5.